The largest absolute Gasteiger partial charge is 0.353 e. The minimum absolute atomic E-state index is 0.0112. The lowest BCUT2D eigenvalue weighted by molar-refractivity contribution is -0.237. The molecule has 194 valence electrons. The van der Waals surface area contributed by atoms with E-state index in [1.165, 1.54) is 89.9 Å². The molecule has 0 amide bonds. The fraction of sp³-hybridized carbons (Fsp3) is 1.00. The summed E-state index contributed by atoms with van der Waals surface area (Å²) in [7, 11) is 0. The van der Waals surface area contributed by atoms with Gasteiger partial charge in [0.15, 0.2) is 12.6 Å². The lowest BCUT2D eigenvalue weighted by atomic mass is 9.60. The average Bonchev–Trinajstić information content (AvgIpc) is 3.06. The summed E-state index contributed by atoms with van der Waals surface area (Å²) in [5, 5.41) is 0. The molecule has 0 N–H and O–H groups in total. The van der Waals surface area contributed by atoms with Gasteiger partial charge in [0.2, 0.25) is 0 Å². The third-order valence-corrected chi connectivity index (χ3v) is 10.8. The molecule has 4 heteroatoms. The first-order chi connectivity index (χ1) is 16.8. The Balaban J connectivity index is 1.16. The third-order valence-electron chi connectivity index (χ3n) is 10.8. The maximum atomic E-state index is 7.03. The van der Waals surface area contributed by atoms with Crippen molar-refractivity contribution in [1.82, 2.24) is 0 Å². The molecule has 6 rings (SSSR count). The SMILES string of the molecule is C1CCOC(C2CC3CCCC(C3)C2C2CCCOC(CC3CCC4CCCC3C4)O2)OCC1. The molecule has 2 heterocycles. The van der Waals surface area contributed by atoms with E-state index in [0.717, 1.165) is 68.7 Å². The highest BCUT2D eigenvalue weighted by atomic mass is 16.7. The van der Waals surface area contributed by atoms with Crippen LogP contribution in [0.3, 0.4) is 0 Å². The average molecular weight is 475 g/mol. The van der Waals surface area contributed by atoms with Gasteiger partial charge < -0.3 is 18.9 Å². The zero-order chi connectivity index (χ0) is 22.7. The van der Waals surface area contributed by atoms with Gasteiger partial charge in [0.05, 0.1) is 6.10 Å². The van der Waals surface area contributed by atoms with Crippen molar-refractivity contribution in [2.24, 2.45) is 41.4 Å². The second-order valence-corrected chi connectivity index (χ2v) is 12.9. The molecular formula is C30H50O4. The summed E-state index contributed by atoms with van der Waals surface area (Å²) in [6, 6.07) is 0. The zero-order valence-corrected chi connectivity index (χ0v) is 21.5. The molecule has 0 radical (unpaired) electrons. The van der Waals surface area contributed by atoms with Gasteiger partial charge in [-0.3, -0.25) is 0 Å². The molecule has 0 spiro atoms. The van der Waals surface area contributed by atoms with Crippen molar-refractivity contribution >= 4 is 0 Å². The first-order valence-electron chi connectivity index (χ1n) is 15.3. The van der Waals surface area contributed by atoms with Crippen LogP contribution in [-0.4, -0.2) is 38.5 Å². The summed E-state index contributed by atoms with van der Waals surface area (Å²) >= 11 is 0. The molecule has 0 aromatic carbocycles. The van der Waals surface area contributed by atoms with E-state index < -0.39 is 0 Å². The molecule has 9 atom stereocenters. The van der Waals surface area contributed by atoms with E-state index in [1.54, 1.807) is 0 Å². The lowest BCUT2D eigenvalue weighted by Crippen LogP contribution is -2.49. The highest BCUT2D eigenvalue weighted by Crippen LogP contribution is 2.51. The van der Waals surface area contributed by atoms with Crippen LogP contribution in [-0.2, 0) is 18.9 Å². The predicted molar refractivity (Wildman–Crippen MR) is 133 cm³/mol. The molecule has 4 nitrogen and oxygen atoms in total. The van der Waals surface area contributed by atoms with Crippen LogP contribution in [0.25, 0.3) is 0 Å². The number of fused-ring (bicyclic) bond motifs is 4. The Morgan fingerprint density at radius 3 is 2.21 bits per heavy atom. The van der Waals surface area contributed by atoms with Gasteiger partial charge in [-0.05, 0) is 93.3 Å². The summed E-state index contributed by atoms with van der Waals surface area (Å²) in [4.78, 5) is 0. The first-order valence-corrected chi connectivity index (χ1v) is 15.3. The summed E-state index contributed by atoms with van der Waals surface area (Å²) in [5.74, 6) is 5.50. The number of hydrogen-bond donors (Lipinski definition) is 0. The molecule has 0 aromatic heterocycles. The highest BCUT2D eigenvalue weighted by Gasteiger charge is 2.48. The molecular weight excluding hydrogens is 424 g/mol. The summed E-state index contributed by atoms with van der Waals surface area (Å²) in [5.41, 5.74) is 0. The van der Waals surface area contributed by atoms with E-state index >= 15 is 0 Å². The molecule has 2 saturated heterocycles. The second-order valence-electron chi connectivity index (χ2n) is 12.9. The number of ether oxygens (including phenoxy) is 4. The van der Waals surface area contributed by atoms with Crippen molar-refractivity contribution in [3.8, 4) is 0 Å². The Labute approximate surface area is 208 Å². The number of hydrogen-bond acceptors (Lipinski definition) is 4. The standard InChI is InChI=1S/C30H50O4/c1-2-14-32-30(33-15-3-1)26-19-22-8-5-10-25(18-22)29(26)27-11-6-16-31-28(34-27)20-24-13-12-21-7-4-9-23(24)17-21/h21-30H,1-20H2. The maximum Gasteiger partial charge on any atom is 0.160 e. The van der Waals surface area contributed by atoms with Crippen LogP contribution in [0.15, 0.2) is 0 Å². The van der Waals surface area contributed by atoms with Crippen molar-refractivity contribution in [2.75, 3.05) is 19.8 Å². The van der Waals surface area contributed by atoms with Gasteiger partial charge in [-0.2, -0.15) is 0 Å². The lowest BCUT2D eigenvalue weighted by Gasteiger charge is -2.50. The van der Waals surface area contributed by atoms with Gasteiger partial charge in [0.25, 0.3) is 0 Å². The maximum absolute atomic E-state index is 7.03. The number of rotatable bonds is 4. The molecule has 6 aliphatic rings. The van der Waals surface area contributed by atoms with Crippen LogP contribution < -0.4 is 0 Å². The van der Waals surface area contributed by atoms with Gasteiger partial charge in [-0.15, -0.1) is 0 Å². The Morgan fingerprint density at radius 2 is 1.32 bits per heavy atom. The molecule has 6 fully saturated rings. The normalized spacial score (nSPS) is 46.8. The van der Waals surface area contributed by atoms with Crippen LogP contribution in [0.2, 0.25) is 0 Å². The van der Waals surface area contributed by atoms with E-state index in [4.69, 9.17) is 18.9 Å². The van der Waals surface area contributed by atoms with Crippen LogP contribution in [0.1, 0.15) is 109 Å². The minimum atomic E-state index is -0.0163. The third kappa shape index (κ3) is 5.55. The minimum Gasteiger partial charge on any atom is -0.353 e. The van der Waals surface area contributed by atoms with Gasteiger partial charge in [-0.25, -0.2) is 0 Å². The summed E-state index contributed by atoms with van der Waals surface area (Å²) < 4.78 is 26.3. The highest BCUT2D eigenvalue weighted by molar-refractivity contribution is 4.95. The molecule has 0 aromatic rings. The topological polar surface area (TPSA) is 36.9 Å². The fourth-order valence-electron chi connectivity index (χ4n) is 9.21. The smallest absolute Gasteiger partial charge is 0.160 e. The van der Waals surface area contributed by atoms with E-state index in [1.807, 2.05) is 0 Å². The fourth-order valence-corrected chi connectivity index (χ4v) is 9.21. The van der Waals surface area contributed by atoms with Crippen molar-refractivity contribution in [3.05, 3.63) is 0 Å². The Morgan fingerprint density at radius 1 is 0.559 bits per heavy atom. The summed E-state index contributed by atoms with van der Waals surface area (Å²) in [6.45, 7) is 2.61. The first kappa shape index (κ1) is 24.2. The molecule has 34 heavy (non-hydrogen) atoms. The monoisotopic (exact) mass is 474 g/mol. The predicted octanol–water partition coefficient (Wildman–Crippen LogP) is 7.10. The molecule has 4 bridgehead atoms. The molecule has 4 aliphatic carbocycles. The van der Waals surface area contributed by atoms with Crippen LogP contribution in [0.5, 0.6) is 0 Å². The van der Waals surface area contributed by atoms with E-state index in [9.17, 15) is 0 Å². The van der Waals surface area contributed by atoms with Crippen molar-refractivity contribution in [3.63, 3.8) is 0 Å². The second kappa shape index (κ2) is 11.5. The Kier molecular flexibility index (Phi) is 8.17. The van der Waals surface area contributed by atoms with E-state index in [-0.39, 0.29) is 12.6 Å². The van der Waals surface area contributed by atoms with Crippen LogP contribution in [0, 0.1) is 41.4 Å². The van der Waals surface area contributed by atoms with Crippen molar-refractivity contribution in [1.29, 1.82) is 0 Å². The van der Waals surface area contributed by atoms with Crippen molar-refractivity contribution in [2.45, 2.75) is 128 Å². The molecule has 4 saturated carbocycles. The van der Waals surface area contributed by atoms with Crippen LogP contribution in [0.4, 0.5) is 0 Å². The van der Waals surface area contributed by atoms with Gasteiger partial charge >= 0.3 is 0 Å². The van der Waals surface area contributed by atoms with Crippen molar-refractivity contribution < 1.29 is 18.9 Å². The summed E-state index contributed by atoms with van der Waals surface area (Å²) in [6.07, 6.45) is 22.9. The van der Waals surface area contributed by atoms with Gasteiger partial charge in [0.1, 0.15) is 0 Å². The van der Waals surface area contributed by atoms with E-state index in [0.29, 0.717) is 17.9 Å². The van der Waals surface area contributed by atoms with Gasteiger partial charge in [-0.1, -0.05) is 44.9 Å². The van der Waals surface area contributed by atoms with Crippen LogP contribution >= 0.6 is 0 Å². The van der Waals surface area contributed by atoms with Gasteiger partial charge in [0, 0.05) is 32.2 Å². The Hall–Kier alpha value is -0.160. The Bertz CT molecular complexity index is 631. The quantitative estimate of drug-likeness (QED) is 0.435. The molecule has 9 unspecified atom stereocenters. The van der Waals surface area contributed by atoms with E-state index in [2.05, 4.69) is 0 Å². The zero-order valence-electron chi connectivity index (χ0n) is 21.5. The molecule has 2 aliphatic heterocycles.